The second kappa shape index (κ2) is 8.92. The van der Waals surface area contributed by atoms with Crippen LogP contribution in [0.5, 0.6) is 0 Å². The van der Waals surface area contributed by atoms with Gasteiger partial charge in [0, 0.05) is 6.54 Å². The number of aromatic amines is 1. The average Bonchev–Trinajstić information content (AvgIpc) is 3.19. The maximum Gasteiger partial charge on any atom is 0.343 e. The Morgan fingerprint density at radius 3 is 2.71 bits per heavy atom. The quantitative estimate of drug-likeness (QED) is 0.567. The summed E-state index contributed by atoms with van der Waals surface area (Å²) >= 11 is 1.24. The molecule has 3 aromatic rings. The first-order valence-corrected chi connectivity index (χ1v) is 10.2. The third kappa shape index (κ3) is 4.36. The SMILES string of the molecule is CCCCn1c(SCC(=O)Nc2c(C)nn(-c3ccccc3)c2C)n[nH]c1=O. The summed E-state index contributed by atoms with van der Waals surface area (Å²) in [4.78, 5) is 24.3. The molecule has 0 bridgehead atoms. The van der Waals surface area contributed by atoms with Crippen molar-refractivity contribution < 1.29 is 4.79 Å². The number of carbonyl (C=O) groups is 1. The van der Waals surface area contributed by atoms with Crippen molar-refractivity contribution in [3.8, 4) is 5.69 Å². The topological polar surface area (TPSA) is 97.6 Å². The van der Waals surface area contributed by atoms with Crippen LogP contribution in [0, 0.1) is 13.8 Å². The zero-order valence-electron chi connectivity index (χ0n) is 16.2. The van der Waals surface area contributed by atoms with Gasteiger partial charge in [-0.05, 0) is 32.4 Å². The fourth-order valence-electron chi connectivity index (χ4n) is 2.88. The van der Waals surface area contributed by atoms with Crippen LogP contribution in [0.1, 0.15) is 31.2 Å². The molecule has 3 rings (SSSR count). The lowest BCUT2D eigenvalue weighted by Crippen LogP contribution is -2.19. The van der Waals surface area contributed by atoms with E-state index in [2.05, 4.69) is 27.5 Å². The molecule has 2 heterocycles. The molecule has 8 nitrogen and oxygen atoms in total. The molecule has 1 aromatic carbocycles. The van der Waals surface area contributed by atoms with Crippen molar-refractivity contribution in [3.05, 3.63) is 52.2 Å². The molecule has 0 spiro atoms. The first-order valence-electron chi connectivity index (χ1n) is 9.20. The molecule has 0 aliphatic carbocycles. The van der Waals surface area contributed by atoms with E-state index in [-0.39, 0.29) is 17.3 Å². The van der Waals surface area contributed by atoms with Gasteiger partial charge in [-0.15, -0.1) is 5.10 Å². The molecule has 2 aromatic heterocycles. The Morgan fingerprint density at radius 1 is 1.25 bits per heavy atom. The van der Waals surface area contributed by atoms with Gasteiger partial charge in [0.1, 0.15) is 0 Å². The van der Waals surface area contributed by atoms with Gasteiger partial charge in [0.05, 0.1) is 28.5 Å². The smallest absolute Gasteiger partial charge is 0.322 e. The zero-order valence-corrected chi connectivity index (χ0v) is 17.0. The number of carbonyl (C=O) groups excluding carboxylic acids is 1. The van der Waals surface area contributed by atoms with E-state index < -0.39 is 0 Å². The molecule has 0 unspecified atom stereocenters. The molecule has 0 saturated carbocycles. The summed E-state index contributed by atoms with van der Waals surface area (Å²) in [5, 5.41) is 14.5. The van der Waals surface area contributed by atoms with E-state index in [4.69, 9.17) is 0 Å². The van der Waals surface area contributed by atoms with Gasteiger partial charge in [-0.25, -0.2) is 14.6 Å². The molecular weight excluding hydrogens is 376 g/mol. The largest absolute Gasteiger partial charge is 0.343 e. The van der Waals surface area contributed by atoms with E-state index in [1.165, 1.54) is 11.8 Å². The van der Waals surface area contributed by atoms with Gasteiger partial charge in [-0.2, -0.15) is 5.10 Å². The Bertz CT molecular complexity index is 1010. The Balaban J connectivity index is 1.68. The first kappa shape index (κ1) is 19.9. The van der Waals surface area contributed by atoms with E-state index in [0.717, 1.165) is 29.9 Å². The molecule has 0 saturated heterocycles. The lowest BCUT2D eigenvalue weighted by Gasteiger charge is -2.07. The number of unbranched alkanes of at least 4 members (excludes halogenated alkanes) is 1. The molecule has 0 aliphatic rings. The van der Waals surface area contributed by atoms with Crippen LogP contribution in [-0.2, 0) is 11.3 Å². The fourth-order valence-corrected chi connectivity index (χ4v) is 3.65. The molecule has 0 atom stereocenters. The summed E-state index contributed by atoms with van der Waals surface area (Å²) in [5.41, 5.74) is 3.02. The lowest BCUT2D eigenvalue weighted by molar-refractivity contribution is -0.113. The monoisotopic (exact) mass is 400 g/mol. The van der Waals surface area contributed by atoms with Crippen LogP contribution in [0.2, 0.25) is 0 Å². The van der Waals surface area contributed by atoms with Gasteiger partial charge in [0.25, 0.3) is 0 Å². The molecular formula is C19H24N6O2S. The van der Waals surface area contributed by atoms with E-state index in [1.807, 2.05) is 48.9 Å². The summed E-state index contributed by atoms with van der Waals surface area (Å²) in [6.07, 6.45) is 1.86. The number of thioether (sulfide) groups is 1. The Labute approximate surface area is 167 Å². The molecule has 28 heavy (non-hydrogen) atoms. The van der Waals surface area contributed by atoms with Crippen molar-refractivity contribution in [3.63, 3.8) is 0 Å². The second-order valence-electron chi connectivity index (χ2n) is 6.45. The number of aryl methyl sites for hydroxylation is 1. The first-order chi connectivity index (χ1) is 13.5. The van der Waals surface area contributed by atoms with Gasteiger partial charge in [0.15, 0.2) is 5.16 Å². The molecule has 0 aliphatic heterocycles. The maximum absolute atomic E-state index is 12.5. The van der Waals surface area contributed by atoms with Crippen molar-refractivity contribution in [2.45, 2.75) is 45.3 Å². The van der Waals surface area contributed by atoms with Gasteiger partial charge in [-0.3, -0.25) is 9.36 Å². The van der Waals surface area contributed by atoms with Crippen molar-refractivity contribution >= 4 is 23.4 Å². The average molecular weight is 401 g/mol. The molecule has 0 fully saturated rings. The number of nitrogens with one attached hydrogen (secondary N) is 2. The summed E-state index contributed by atoms with van der Waals surface area (Å²) in [7, 11) is 0. The van der Waals surface area contributed by atoms with Crippen LogP contribution in [0.4, 0.5) is 5.69 Å². The van der Waals surface area contributed by atoms with Crippen LogP contribution in [0.25, 0.3) is 5.69 Å². The predicted octanol–water partition coefficient (Wildman–Crippen LogP) is 2.90. The third-order valence-corrected chi connectivity index (χ3v) is 5.32. The zero-order chi connectivity index (χ0) is 20.1. The van der Waals surface area contributed by atoms with Crippen LogP contribution >= 0.6 is 11.8 Å². The van der Waals surface area contributed by atoms with Crippen LogP contribution in [0.3, 0.4) is 0 Å². The minimum absolute atomic E-state index is 0.159. The third-order valence-electron chi connectivity index (χ3n) is 4.35. The van der Waals surface area contributed by atoms with Crippen molar-refractivity contribution in [1.29, 1.82) is 0 Å². The Kier molecular flexibility index (Phi) is 6.35. The number of H-pyrrole nitrogens is 1. The summed E-state index contributed by atoms with van der Waals surface area (Å²) < 4.78 is 3.39. The predicted molar refractivity (Wildman–Crippen MR) is 110 cm³/mol. The van der Waals surface area contributed by atoms with E-state index >= 15 is 0 Å². The minimum Gasteiger partial charge on any atom is -0.322 e. The summed E-state index contributed by atoms with van der Waals surface area (Å²) in [6.45, 7) is 6.45. The van der Waals surface area contributed by atoms with Crippen LogP contribution in [-0.4, -0.2) is 36.2 Å². The van der Waals surface area contributed by atoms with Crippen LogP contribution < -0.4 is 11.0 Å². The van der Waals surface area contributed by atoms with Gasteiger partial charge in [-0.1, -0.05) is 43.3 Å². The number of hydrogen-bond donors (Lipinski definition) is 2. The van der Waals surface area contributed by atoms with E-state index in [1.54, 1.807) is 4.57 Å². The van der Waals surface area contributed by atoms with Crippen molar-refractivity contribution in [2.75, 3.05) is 11.1 Å². The molecule has 0 radical (unpaired) electrons. The number of hydrogen-bond acceptors (Lipinski definition) is 5. The van der Waals surface area contributed by atoms with E-state index in [9.17, 15) is 9.59 Å². The number of benzene rings is 1. The highest BCUT2D eigenvalue weighted by Gasteiger charge is 2.16. The van der Waals surface area contributed by atoms with Crippen molar-refractivity contribution in [1.82, 2.24) is 24.5 Å². The Hall–Kier alpha value is -2.81. The normalized spacial score (nSPS) is 11.0. The van der Waals surface area contributed by atoms with Gasteiger partial charge in [0.2, 0.25) is 5.91 Å². The molecule has 1 amide bonds. The molecule has 148 valence electrons. The van der Waals surface area contributed by atoms with Crippen molar-refractivity contribution in [2.24, 2.45) is 0 Å². The standard InChI is InChI=1S/C19H24N6O2S/c1-4-5-11-24-18(27)21-22-19(24)28-12-16(26)20-17-13(2)23-25(14(17)3)15-9-7-6-8-10-15/h6-10H,4-5,11-12H2,1-3H3,(H,20,26)(H,21,27). The highest BCUT2D eigenvalue weighted by Crippen LogP contribution is 2.23. The second-order valence-corrected chi connectivity index (χ2v) is 7.39. The number of rotatable bonds is 8. The maximum atomic E-state index is 12.5. The highest BCUT2D eigenvalue weighted by molar-refractivity contribution is 7.99. The van der Waals surface area contributed by atoms with Crippen LogP contribution in [0.15, 0.2) is 40.3 Å². The number of para-hydroxylation sites is 1. The summed E-state index contributed by atoms with van der Waals surface area (Å²) in [5.74, 6) is -0.00691. The lowest BCUT2D eigenvalue weighted by atomic mass is 10.3. The minimum atomic E-state index is -0.243. The van der Waals surface area contributed by atoms with Gasteiger partial charge >= 0.3 is 5.69 Å². The number of nitrogens with zero attached hydrogens (tertiary/aromatic N) is 4. The fraction of sp³-hybridized carbons (Fsp3) is 0.368. The number of anilines is 1. The number of aromatic nitrogens is 5. The molecule has 2 N–H and O–H groups in total. The molecule has 9 heteroatoms. The number of amides is 1. The van der Waals surface area contributed by atoms with Gasteiger partial charge < -0.3 is 5.32 Å². The summed E-state index contributed by atoms with van der Waals surface area (Å²) in [6, 6.07) is 9.78. The highest BCUT2D eigenvalue weighted by atomic mass is 32.2. The van der Waals surface area contributed by atoms with E-state index in [0.29, 0.717) is 17.4 Å². The Morgan fingerprint density at radius 2 is 2.00 bits per heavy atom.